The second-order valence-corrected chi connectivity index (χ2v) is 3.84. The van der Waals surface area contributed by atoms with Gasteiger partial charge in [0.05, 0.1) is 12.2 Å². The summed E-state index contributed by atoms with van der Waals surface area (Å²) < 4.78 is 5.31. The maximum absolute atomic E-state index is 5.31. The van der Waals surface area contributed by atoms with Gasteiger partial charge in [0.15, 0.2) is 0 Å². The molecule has 0 radical (unpaired) electrons. The lowest BCUT2D eigenvalue weighted by Gasteiger charge is -2.11. The van der Waals surface area contributed by atoms with Crippen LogP contribution in [0.3, 0.4) is 0 Å². The highest BCUT2D eigenvalue weighted by molar-refractivity contribution is 4.87. The molecule has 1 fully saturated rings. The fourth-order valence-electron chi connectivity index (χ4n) is 1.57. The van der Waals surface area contributed by atoms with Gasteiger partial charge in [0.2, 0.25) is 0 Å². The van der Waals surface area contributed by atoms with Gasteiger partial charge < -0.3 is 4.74 Å². The van der Waals surface area contributed by atoms with Crippen molar-refractivity contribution < 1.29 is 4.74 Å². The zero-order valence-electron chi connectivity index (χ0n) is 7.31. The number of ether oxygens (including phenoxy) is 1. The summed E-state index contributed by atoms with van der Waals surface area (Å²) in [4.78, 5) is 0. The molecule has 60 valence electrons. The van der Waals surface area contributed by atoms with E-state index in [4.69, 9.17) is 4.74 Å². The Hall–Kier alpha value is -0.0400. The van der Waals surface area contributed by atoms with Crippen LogP contribution >= 0.6 is 0 Å². The van der Waals surface area contributed by atoms with Crippen LogP contribution in [0.4, 0.5) is 0 Å². The topological polar surface area (TPSA) is 12.5 Å². The zero-order valence-corrected chi connectivity index (χ0v) is 7.31. The smallest absolute Gasteiger partial charge is 0.0891 e. The minimum atomic E-state index is 0.272. The third-order valence-electron chi connectivity index (χ3n) is 2.20. The molecule has 0 aliphatic carbocycles. The summed E-state index contributed by atoms with van der Waals surface area (Å²) >= 11 is 0. The average Bonchev–Trinajstić information content (AvgIpc) is 2.48. The largest absolute Gasteiger partial charge is 0.370 e. The molecule has 1 aliphatic rings. The lowest BCUT2D eigenvalue weighted by atomic mass is 9.94. The molecule has 0 saturated carbocycles. The van der Waals surface area contributed by atoms with E-state index in [0.717, 1.165) is 12.5 Å². The molecule has 0 aromatic carbocycles. The lowest BCUT2D eigenvalue weighted by molar-refractivity contribution is 0.271. The molecule has 1 heterocycles. The molecular formula is C9H18O. The van der Waals surface area contributed by atoms with E-state index < -0.39 is 0 Å². The minimum Gasteiger partial charge on any atom is -0.370 e. The number of epoxide rings is 1. The van der Waals surface area contributed by atoms with E-state index >= 15 is 0 Å². The number of hydrogen-bond acceptors (Lipinski definition) is 1. The normalized spacial score (nSPS) is 33.9. The van der Waals surface area contributed by atoms with E-state index in [0.29, 0.717) is 0 Å². The third-order valence-corrected chi connectivity index (χ3v) is 2.20. The molecule has 2 atom stereocenters. The first-order valence-corrected chi connectivity index (χ1v) is 4.30. The fraction of sp³-hybridized carbons (Fsp3) is 1.00. The van der Waals surface area contributed by atoms with Crippen molar-refractivity contribution in [2.45, 2.75) is 45.6 Å². The van der Waals surface area contributed by atoms with Crippen LogP contribution in [0.1, 0.15) is 40.0 Å². The predicted octanol–water partition coefficient (Wildman–Crippen LogP) is 2.60. The Kier molecular flexibility index (Phi) is 2.35. The molecule has 10 heavy (non-hydrogen) atoms. The number of hydrogen-bond donors (Lipinski definition) is 0. The fourth-order valence-corrected chi connectivity index (χ4v) is 1.57. The van der Waals surface area contributed by atoms with E-state index in [9.17, 15) is 0 Å². The molecule has 1 rings (SSSR count). The van der Waals surface area contributed by atoms with Crippen LogP contribution in [-0.4, -0.2) is 12.2 Å². The molecule has 1 heteroatoms. The molecule has 0 bridgehead atoms. The van der Waals surface area contributed by atoms with E-state index in [1.165, 1.54) is 19.3 Å². The van der Waals surface area contributed by atoms with Gasteiger partial charge in [-0.3, -0.25) is 0 Å². The first-order chi connectivity index (χ1) is 4.66. The molecule has 0 spiro atoms. The van der Waals surface area contributed by atoms with E-state index in [2.05, 4.69) is 20.8 Å². The van der Waals surface area contributed by atoms with Crippen LogP contribution in [-0.2, 0) is 4.74 Å². The van der Waals surface area contributed by atoms with Gasteiger partial charge in [-0.1, -0.05) is 26.7 Å². The summed E-state index contributed by atoms with van der Waals surface area (Å²) in [5, 5.41) is 0. The van der Waals surface area contributed by atoms with Gasteiger partial charge in [0.1, 0.15) is 0 Å². The highest BCUT2D eigenvalue weighted by atomic mass is 16.6. The Balaban J connectivity index is 2.11. The van der Waals surface area contributed by atoms with Crippen molar-refractivity contribution in [1.82, 2.24) is 0 Å². The summed E-state index contributed by atoms with van der Waals surface area (Å²) in [6.45, 7) is 7.75. The Morgan fingerprint density at radius 2 is 2.20 bits per heavy atom. The molecule has 1 aliphatic heterocycles. The number of rotatable bonds is 4. The van der Waals surface area contributed by atoms with Gasteiger partial charge in [-0.2, -0.15) is 0 Å². The predicted molar refractivity (Wildman–Crippen MR) is 43.0 cm³/mol. The molecular weight excluding hydrogens is 124 g/mol. The van der Waals surface area contributed by atoms with Crippen molar-refractivity contribution >= 4 is 0 Å². The van der Waals surface area contributed by atoms with Crippen molar-refractivity contribution in [2.75, 3.05) is 6.61 Å². The minimum absolute atomic E-state index is 0.272. The summed E-state index contributed by atoms with van der Waals surface area (Å²) in [6.07, 6.45) is 3.90. The van der Waals surface area contributed by atoms with Gasteiger partial charge in [-0.15, -0.1) is 0 Å². The summed E-state index contributed by atoms with van der Waals surface area (Å²) in [7, 11) is 0. The zero-order chi connectivity index (χ0) is 7.61. The first kappa shape index (κ1) is 8.06. The van der Waals surface area contributed by atoms with Crippen molar-refractivity contribution in [3.63, 3.8) is 0 Å². The first-order valence-electron chi connectivity index (χ1n) is 4.30. The van der Waals surface area contributed by atoms with Gasteiger partial charge in [0, 0.05) is 0 Å². The SMILES string of the molecule is CCC[C@H](C)C[C@@]1(C)CO1. The quantitative estimate of drug-likeness (QED) is 0.550. The second kappa shape index (κ2) is 2.91. The van der Waals surface area contributed by atoms with Crippen molar-refractivity contribution in [1.29, 1.82) is 0 Å². The average molecular weight is 142 g/mol. The molecule has 0 aromatic rings. The van der Waals surface area contributed by atoms with Gasteiger partial charge in [0.25, 0.3) is 0 Å². The third kappa shape index (κ3) is 2.30. The Labute approximate surface area is 63.8 Å². The standard InChI is InChI=1S/C9H18O/c1-4-5-8(2)6-9(3)7-10-9/h8H,4-7H2,1-3H3/t8-,9-/m0/s1. The molecule has 1 saturated heterocycles. The van der Waals surface area contributed by atoms with Crippen LogP contribution in [0.15, 0.2) is 0 Å². The molecule has 1 nitrogen and oxygen atoms in total. The Bertz CT molecular complexity index is 105. The van der Waals surface area contributed by atoms with Crippen LogP contribution in [0.5, 0.6) is 0 Å². The molecule has 0 amide bonds. The highest BCUT2D eigenvalue weighted by Crippen LogP contribution is 2.34. The maximum Gasteiger partial charge on any atom is 0.0891 e. The maximum atomic E-state index is 5.31. The van der Waals surface area contributed by atoms with Crippen molar-refractivity contribution in [3.05, 3.63) is 0 Å². The molecule has 0 aromatic heterocycles. The Morgan fingerprint density at radius 1 is 1.60 bits per heavy atom. The summed E-state index contributed by atoms with van der Waals surface area (Å²) in [5.74, 6) is 0.845. The van der Waals surface area contributed by atoms with E-state index in [1.54, 1.807) is 0 Å². The second-order valence-electron chi connectivity index (χ2n) is 3.84. The monoisotopic (exact) mass is 142 g/mol. The van der Waals surface area contributed by atoms with Crippen LogP contribution in [0.25, 0.3) is 0 Å². The Morgan fingerprint density at radius 3 is 2.60 bits per heavy atom. The summed E-state index contributed by atoms with van der Waals surface area (Å²) in [5.41, 5.74) is 0.272. The van der Waals surface area contributed by atoms with Gasteiger partial charge >= 0.3 is 0 Å². The van der Waals surface area contributed by atoms with Crippen LogP contribution in [0.2, 0.25) is 0 Å². The lowest BCUT2D eigenvalue weighted by Crippen LogP contribution is -2.10. The molecule has 0 unspecified atom stereocenters. The van der Waals surface area contributed by atoms with Crippen LogP contribution in [0, 0.1) is 5.92 Å². The summed E-state index contributed by atoms with van der Waals surface area (Å²) in [6, 6.07) is 0. The van der Waals surface area contributed by atoms with Crippen molar-refractivity contribution in [3.8, 4) is 0 Å². The van der Waals surface area contributed by atoms with Gasteiger partial charge in [-0.25, -0.2) is 0 Å². The van der Waals surface area contributed by atoms with E-state index in [1.807, 2.05) is 0 Å². The van der Waals surface area contributed by atoms with Crippen LogP contribution < -0.4 is 0 Å². The van der Waals surface area contributed by atoms with E-state index in [-0.39, 0.29) is 5.60 Å². The van der Waals surface area contributed by atoms with Crippen molar-refractivity contribution in [2.24, 2.45) is 5.92 Å². The highest BCUT2D eigenvalue weighted by Gasteiger charge is 2.39. The van der Waals surface area contributed by atoms with Gasteiger partial charge in [-0.05, 0) is 19.3 Å². The molecule has 0 N–H and O–H groups in total.